The maximum absolute atomic E-state index is 13.1. The van der Waals surface area contributed by atoms with Crippen LogP contribution in [0, 0.1) is 0 Å². The zero-order chi connectivity index (χ0) is 25.3. The highest BCUT2D eigenvalue weighted by molar-refractivity contribution is 7.80. The highest BCUT2D eigenvalue weighted by Gasteiger charge is 2.33. The molecule has 0 radical (unpaired) electrons. The molecule has 2 amide bonds. The van der Waals surface area contributed by atoms with Crippen molar-refractivity contribution in [2.45, 2.75) is 31.2 Å². The first kappa shape index (κ1) is 25.5. The van der Waals surface area contributed by atoms with Crippen LogP contribution in [-0.2, 0) is 4.74 Å². The highest BCUT2D eigenvalue weighted by atomic mass is 32.1. The van der Waals surface area contributed by atoms with Crippen LogP contribution in [0.15, 0.2) is 78.9 Å². The van der Waals surface area contributed by atoms with Gasteiger partial charge in [-0.2, -0.15) is 0 Å². The molecule has 0 unspecified atom stereocenters. The van der Waals surface area contributed by atoms with E-state index in [9.17, 15) is 4.79 Å². The Morgan fingerprint density at radius 3 is 2.28 bits per heavy atom. The Kier molecular flexibility index (Phi) is 8.79. The number of urea groups is 1. The number of carbonyl (C=O) groups is 1. The molecule has 4 rings (SSSR count). The number of amides is 2. The van der Waals surface area contributed by atoms with E-state index in [0.717, 1.165) is 19.3 Å². The molecule has 7 heteroatoms. The Morgan fingerprint density at radius 1 is 1.00 bits per heavy atom. The third-order valence-corrected chi connectivity index (χ3v) is 6.88. The van der Waals surface area contributed by atoms with Gasteiger partial charge in [0.25, 0.3) is 0 Å². The molecule has 6 nitrogen and oxygen atoms in total. The van der Waals surface area contributed by atoms with E-state index < -0.39 is 0 Å². The summed E-state index contributed by atoms with van der Waals surface area (Å²) in [5.74, 6) is 1.40. The quantitative estimate of drug-likeness (QED) is 0.348. The van der Waals surface area contributed by atoms with Gasteiger partial charge in [0.1, 0.15) is 17.5 Å². The Hall–Kier alpha value is -3.58. The number of nitrogens with one attached hydrogen (secondary N) is 1. The Labute approximate surface area is 218 Å². The fraction of sp³-hybridized carbons (Fsp3) is 0.310. The molecule has 1 fully saturated rings. The average molecular weight is 505 g/mol. The Bertz CT molecular complexity index is 1120. The van der Waals surface area contributed by atoms with Crippen LogP contribution in [0.3, 0.4) is 0 Å². The number of ether oxygens (including phenoxy) is 3. The minimum Gasteiger partial charge on any atom is -0.497 e. The maximum Gasteiger partial charge on any atom is 0.322 e. The SMILES string of the molecule is COc1ccc(NC(=O)N2CCC[C@H]2C(=S)OCCC(c2ccccc2)c2ccccc2)c(OC)c1. The molecule has 3 aromatic rings. The molecule has 36 heavy (non-hydrogen) atoms. The fourth-order valence-electron chi connectivity index (χ4n) is 4.61. The Morgan fingerprint density at radius 2 is 1.67 bits per heavy atom. The number of likely N-dealkylation sites (tertiary alicyclic amines) is 1. The molecule has 0 aliphatic carbocycles. The van der Waals surface area contributed by atoms with Crippen molar-refractivity contribution in [2.75, 3.05) is 32.7 Å². The molecule has 0 aromatic heterocycles. The first-order valence-corrected chi connectivity index (χ1v) is 12.6. The van der Waals surface area contributed by atoms with Gasteiger partial charge >= 0.3 is 6.03 Å². The number of rotatable bonds is 9. The van der Waals surface area contributed by atoms with Crippen molar-refractivity contribution in [3.63, 3.8) is 0 Å². The molecular formula is C29H32N2O4S. The molecule has 3 aromatic carbocycles. The van der Waals surface area contributed by atoms with Gasteiger partial charge in [-0.05, 0) is 54.7 Å². The van der Waals surface area contributed by atoms with Crippen molar-refractivity contribution in [1.82, 2.24) is 4.90 Å². The van der Waals surface area contributed by atoms with E-state index >= 15 is 0 Å². The number of hydrogen-bond acceptors (Lipinski definition) is 5. The smallest absolute Gasteiger partial charge is 0.322 e. The van der Waals surface area contributed by atoms with Crippen molar-refractivity contribution in [3.05, 3.63) is 90.0 Å². The maximum atomic E-state index is 13.1. The average Bonchev–Trinajstić information content (AvgIpc) is 3.43. The standard InChI is InChI=1S/C29H32N2O4S/c1-33-23-15-16-25(27(20-23)34-2)30-29(32)31-18-9-14-26(31)28(36)35-19-17-24(21-10-5-3-6-11-21)22-12-7-4-8-13-22/h3-8,10-13,15-16,20,24,26H,9,14,17-19H2,1-2H3,(H,30,32)/t26-/m0/s1. The van der Waals surface area contributed by atoms with Crippen LogP contribution < -0.4 is 14.8 Å². The van der Waals surface area contributed by atoms with Crippen molar-refractivity contribution in [1.29, 1.82) is 0 Å². The minimum atomic E-state index is -0.240. The number of anilines is 1. The van der Waals surface area contributed by atoms with Crippen molar-refractivity contribution in [2.24, 2.45) is 0 Å². The summed E-state index contributed by atoms with van der Waals surface area (Å²) in [6, 6.07) is 25.7. The van der Waals surface area contributed by atoms with E-state index in [2.05, 4.69) is 53.8 Å². The van der Waals surface area contributed by atoms with Crippen LogP contribution in [0.2, 0.25) is 0 Å². The molecule has 1 N–H and O–H groups in total. The van der Waals surface area contributed by atoms with Gasteiger partial charge < -0.3 is 24.4 Å². The van der Waals surface area contributed by atoms with Gasteiger partial charge in [0.15, 0.2) is 5.05 Å². The van der Waals surface area contributed by atoms with E-state index in [-0.39, 0.29) is 18.0 Å². The van der Waals surface area contributed by atoms with Crippen LogP contribution in [0.4, 0.5) is 10.5 Å². The number of carbonyl (C=O) groups excluding carboxylic acids is 1. The lowest BCUT2D eigenvalue weighted by Gasteiger charge is -2.26. The lowest BCUT2D eigenvalue weighted by atomic mass is 9.89. The predicted molar refractivity (Wildman–Crippen MR) is 146 cm³/mol. The largest absolute Gasteiger partial charge is 0.497 e. The van der Waals surface area contributed by atoms with Gasteiger partial charge in [0.05, 0.1) is 26.5 Å². The molecule has 1 aliphatic heterocycles. The predicted octanol–water partition coefficient (Wildman–Crippen LogP) is 6.27. The number of benzene rings is 3. The van der Waals surface area contributed by atoms with Crippen LogP contribution in [0.5, 0.6) is 11.5 Å². The number of thiocarbonyl (C=S) groups is 1. The summed E-state index contributed by atoms with van der Waals surface area (Å²) in [6.45, 7) is 1.10. The first-order chi connectivity index (χ1) is 17.6. The second-order valence-corrected chi connectivity index (χ2v) is 9.08. The minimum absolute atomic E-state index is 0.209. The van der Waals surface area contributed by atoms with Crippen LogP contribution in [0.1, 0.15) is 36.3 Å². The topological polar surface area (TPSA) is 60.0 Å². The van der Waals surface area contributed by atoms with Crippen LogP contribution >= 0.6 is 12.2 Å². The van der Waals surface area contributed by atoms with E-state index in [4.69, 9.17) is 26.4 Å². The molecule has 0 saturated carbocycles. The van der Waals surface area contributed by atoms with Gasteiger partial charge in [0.2, 0.25) is 0 Å². The van der Waals surface area contributed by atoms with Gasteiger partial charge in [-0.1, -0.05) is 60.7 Å². The zero-order valence-corrected chi connectivity index (χ0v) is 21.5. The molecule has 1 heterocycles. The second-order valence-electron chi connectivity index (χ2n) is 8.68. The van der Waals surface area contributed by atoms with Crippen molar-refractivity contribution < 1.29 is 19.0 Å². The Balaban J connectivity index is 1.37. The third-order valence-electron chi connectivity index (χ3n) is 6.49. The fourth-order valence-corrected chi connectivity index (χ4v) is 4.94. The molecule has 0 bridgehead atoms. The summed E-state index contributed by atoms with van der Waals surface area (Å²) >= 11 is 5.66. The van der Waals surface area contributed by atoms with Crippen LogP contribution in [0.25, 0.3) is 0 Å². The lowest BCUT2D eigenvalue weighted by molar-refractivity contribution is 0.207. The zero-order valence-electron chi connectivity index (χ0n) is 20.7. The van der Waals surface area contributed by atoms with E-state index in [1.807, 2.05) is 12.1 Å². The van der Waals surface area contributed by atoms with Crippen molar-refractivity contribution >= 4 is 29.0 Å². The molecule has 1 saturated heterocycles. The molecule has 0 spiro atoms. The van der Waals surface area contributed by atoms with Crippen LogP contribution in [-0.4, -0.2) is 49.4 Å². The number of hydrogen-bond donors (Lipinski definition) is 1. The summed E-state index contributed by atoms with van der Waals surface area (Å²) in [6.07, 6.45) is 2.45. The van der Waals surface area contributed by atoms with Gasteiger partial charge in [-0.15, -0.1) is 0 Å². The third kappa shape index (κ3) is 6.15. The van der Waals surface area contributed by atoms with E-state index in [1.165, 1.54) is 11.1 Å². The molecule has 1 atom stereocenters. The number of methoxy groups -OCH3 is 2. The summed E-state index contributed by atoms with van der Waals surface area (Å²) in [7, 11) is 3.15. The summed E-state index contributed by atoms with van der Waals surface area (Å²) in [5, 5.41) is 3.41. The molecule has 188 valence electrons. The van der Waals surface area contributed by atoms with Gasteiger partial charge in [0, 0.05) is 18.5 Å². The summed E-state index contributed by atoms with van der Waals surface area (Å²) < 4.78 is 16.7. The van der Waals surface area contributed by atoms with E-state index in [1.54, 1.807) is 37.3 Å². The summed E-state index contributed by atoms with van der Waals surface area (Å²) in [5.41, 5.74) is 3.07. The molecular weight excluding hydrogens is 472 g/mol. The second kappa shape index (κ2) is 12.4. The van der Waals surface area contributed by atoms with Crippen molar-refractivity contribution in [3.8, 4) is 11.5 Å². The highest BCUT2D eigenvalue weighted by Crippen LogP contribution is 2.31. The van der Waals surface area contributed by atoms with Gasteiger partial charge in [-0.3, -0.25) is 0 Å². The monoisotopic (exact) mass is 504 g/mol. The van der Waals surface area contributed by atoms with Gasteiger partial charge in [-0.25, -0.2) is 4.79 Å². The first-order valence-electron chi connectivity index (χ1n) is 12.2. The lowest BCUT2D eigenvalue weighted by Crippen LogP contribution is -2.43. The van der Waals surface area contributed by atoms with E-state index in [0.29, 0.717) is 35.4 Å². The normalized spacial score (nSPS) is 15.0. The molecule has 1 aliphatic rings. The number of nitrogens with zero attached hydrogens (tertiary/aromatic N) is 1. The summed E-state index contributed by atoms with van der Waals surface area (Å²) in [4.78, 5) is 14.9.